The zero-order valence-electron chi connectivity index (χ0n) is 20.6. The molecule has 0 aromatic carbocycles. The number of ether oxygens (including phenoxy) is 1. The summed E-state index contributed by atoms with van der Waals surface area (Å²) in [4.78, 5) is 64.3. The van der Waals surface area contributed by atoms with Gasteiger partial charge in [0.2, 0.25) is 23.6 Å². The molecular weight excluding hydrogens is 492 g/mol. The summed E-state index contributed by atoms with van der Waals surface area (Å²) in [5.74, 6) is -1.83. The Kier molecular flexibility index (Phi) is 11.9. The average molecular weight is 529 g/mol. The van der Waals surface area contributed by atoms with Gasteiger partial charge in [-0.1, -0.05) is 55.4 Å². The van der Waals surface area contributed by atoms with Crippen molar-refractivity contribution >= 4 is 51.2 Å². The number of nitrogens with one attached hydrogen (secondary N) is 4. The molecule has 4 amide bonds. The van der Waals surface area contributed by atoms with E-state index >= 15 is 0 Å². The number of fused-ring (bicyclic) bond motifs is 7. The molecule has 2 rings (SSSR count). The first-order chi connectivity index (χ1) is 16.6. The number of carbonyl (C=O) groups excluding carboxylic acids is 5. The summed E-state index contributed by atoms with van der Waals surface area (Å²) >= 11 is 0. The highest BCUT2D eigenvalue weighted by atomic mass is 33.1. The van der Waals surface area contributed by atoms with Crippen LogP contribution >= 0.6 is 21.6 Å². The zero-order valence-corrected chi connectivity index (χ0v) is 22.3. The van der Waals surface area contributed by atoms with Gasteiger partial charge in [0.05, 0.1) is 6.42 Å². The summed E-state index contributed by atoms with van der Waals surface area (Å²) in [7, 11) is 2.98. The van der Waals surface area contributed by atoms with E-state index in [1.54, 1.807) is 30.7 Å². The predicted molar refractivity (Wildman–Crippen MR) is 136 cm³/mol. The van der Waals surface area contributed by atoms with Crippen molar-refractivity contribution in [3.8, 4) is 0 Å². The largest absolute Gasteiger partial charge is 0.456 e. The second-order valence-electron chi connectivity index (χ2n) is 9.31. The fourth-order valence-electron chi connectivity index (χ4n) is 3.55. The molecule has 35 heavy (non-hydrogen) atoms. The highest BCUT2D eigenvalue weighted by molar-refractivity contribution is 8.76. The van der Waals surface area contributed by atoms with E-state index in [0.717, 1.165) is 5.75 Å². The van der Waals surface area contributed by atoms with Gasteiger partial charge in [0.25, 0.3) is 0 Å². The Labute approximate surface area is 214 Å². The van der Waals surface area contributed by atoms with Gasteiger partial charge in [0.15, 0.2) is 0 Å². The number of allylic oxidation sites excluding steroid dienone is 1. The van der Waals surface area contributed by atoms with Crippen LogP contribution in [0.4, 0.5) is 0 Å². The summed E-state index contributed by atoms with van der Waals surface area (Å²) in [6.07, 6.45) is 3.49. The number of esters is 1. The molecule has 0 saturated carbocycles. The minimum Gasteiger partial charge on any atom is -0.456 e. The standard InChI is InChI=1S/C23H36N4O6S2/c1-13(2)9-16-21(30)24-11-19(29)33-15-7-5-6-8-34-35-12-17(22(31)25-16)26-23(32)20(14(3)4)27-18(28)10-15/h5,7,13-17,20H,6,8-12H2,1-4H3,(H,24,30)(H,25,31)(H,26,32)(H,27,28)/b7-5+/t15?,16-,17?,20-/m1/s1. The summed E-state index contributed by atoms with van der Waals surface area (Å²) in [6.45, 7) is 7.02. The van der Waals surface area contributed by atoms with Crippen molar-refractivity contribution < 1.29 is 28.7 Å². The second kappa shape index (κ2) is 14.4. The van der Waals surface area contributed by atoms with Crippen LogP contribution in [0.2, 0.25) is 0 Å². The monoisotopic (exact) mass is 528 g/mol. The van der Waals surface area contributed by atoms with E-state index < -0.39 is 60.4 Å². The first-order valence-corrected chi connectivity index (χ1v) is 14.3. The summed E-state index contributed by atoms with van der Waals surface area (Å²) in [5, 5.41) is 10.7. The van der Waals surface area contributed by atoms with Gasteiger partial charge in [-0.15, -0.1) is 0 Å². The maximum atomic E-state index is 13.2. The van der Waals surface area contributed by atoms with Crippen LogP contribution in [0.1, 0.15) is 47.0 Å². The third-order valence-electron chi connectivity index (χ3n) is 5.35. The van der Waals surface area contributed by atoms with Crippen molar-refractivity contribution in [1.82, 2.24) is 21.3 Å². The molecule has 1 saturated heterocycles. The Hall–Kier alpha value is -2.21. The molecule has 0 spiro atoms. The fourth-order valence-corrected chi connectivity index (χ4v) is 5.71. The van der Waals surface area contributed by atoms with Gasteiger partial charge in [-0.2, -0.15) is 0 Å². The predicted octanol–water partition coefficient (Wildman–Crippen LogP) is 0.916. The lowest BCUT2D eigenvalue weighted by Crippen LogP contribution is -2.59. The highest BCUT2D eigenvalue weighted by Crippen LogP contribution is 2.24. The van der Waals surface area contributed by atoms with E-state index in [9.17, 15) is 24.0 Å². The number of hydrogen-bond donors (Lipinski definition) is 4. The molecule has 0 radical (unpaired) electrons. The minimum atomic E-state index is -0.910. The van der Waals surface area contributed by atoms with Crippen molar-refractivity contribution in [2.45, 2.75) is 71.2 Å². The van der Waals surface area contributed by atoms with E-state index in [1.165, 1.54) is 10.8 Å². The van der Waals surface area contributed by atoms with Crippen LogP contribution in [-0.2, 0) is 28.7 Å². The molecule has 0 aromatic rings. The Balaban J connectivity index is 2.45. The van der Waals surface area contributed by atoms with Gasteiger partial charge < -0.3 is 26.0 Å². The van der Waals surface area contributed by atoms with E-state index in [1.807, 2.05) is 19.9 Å². The molecule has 2 bridgehead atoms. The van der Waals surface area contributed by atoms with Crippen LogP contribution in [0.3, 0.4) is 0 Å². The summed E-state index contributed by atoms with van der Waals surface area (Å²) in [6, 6.07) is -2.68. The third kappa shape index (κ3) is 10.1. The first-order valence-electron chi connectivity index (χ1n) is 11.8. The molecule has 2 aliphatic rings. The highest BCUT2D eigenvalue weighted by Gasteiger charge is 2.32. The summed E-state index contributed by atoms with van der Waals surface area (Å²) in [5.41, 5.74) is 0. The molecule has 2 aliphatic heterocycles. The van der Waals surface area contributed by atoms with Gasteiger partial charge in [-0.25, -0.2) is 0 Å². The van der Waals surface area contributed by atoms with Crippen molar-refractivity contribution in [1.29, 1.82) is 0 Å². The fraction of sp³-hybridized carbons (Fsp3) is 0.696. The number of rotatable bonds is 3. The maximum absolute atomic E-state index is 13.2. The van der Waals surface area contributed by atoms with Gasteiger partial charge in [-0.3, -0.25) is 24.0 Å². The molecule has 4 N–H and O–H groups in total. The molecule has 12 heteroatoms. The van der Waals surface area contributed by atoms with Crippen LogP contribution < -0.4 is 21.3 Å². The molecule has 196 valence electrons. The molecule has 1 fully saturated rings. The van der Waals surface area contributed by atoms with Crippen molar-refractivity contribution in [2.75, 3.05) is 18.1 Å². The Bertz CT molecular complexity index is 820. The van der Waals surface area contributed by atoms with E-state index in [-0.39, 0.29) is 24.0 Å². The van der Waals surface area contributed by atoms with Crippen LogP contribution in [0.15, 0.2) is 12.2 Å². The quantitative estimate of drug-likeness (QED) is 0.241. The maximum Gasteiger partial charge on any atom is 0.326 e. The van der Waals surface area contributed by atoms with Gasteiger partial charge >= 0.3 is 5.97 Å². The Morgan fingerprint density at radius 1 is 0.971 bits per heavy atom. The summed E-state index contributed by atoms with van der Waals surface area (Å²) < 4.78 is 5.44. The van der Waals surface area contributed by atoms with E-state index in [2.05, 4.69) is 21.3 Å². The topological polar surface area (TPSA) is 143 Å². The molecule has 2 unspecified atom stereocenters. The van der Waals surface area contributed by atoms with Gasteiger partial charge in [0, 0.05) is 11.5 Å². The minimum absolute atomic E-state index is 0.0886. The van der Waals surface area contributed by atoms with Crippen LogP contribution in [0.25, 0.3) is 0 Å². The first kappa shape index (κ1) is 29.0. The van der Waals surface area contributed by atoms with Crippen molar-refractivity contribution in [3.63, 3.8) is 0 Å². The van der Waals surface area contributed by atoms with Crippen LogP contribution in [0.5, 0.6) is 0 Å². The second-order valence-corrected chi connectivity index (χ2v) is 11.9. The van der Waals surface area contributed by atoms with Gasteiger partial charge in [0.1, 0.15) is 30.8 Å². The molecule has 0 aliphatic carbocycles. The van der Waals surface area contributed by atoms with Crippen molar-refractivity contribution in [2.24, 2.45) is 11.8 Å². The molecule has 10 nitrogen and oxygen atoms in total. The smallest absolute Gasteiger partial charge is 0.326 e. The van der Waals surface area contributed by atoms with Crippen molar-refractivity contribution in [3.05, 3.63) is 12.2 Å². The third-order valence-corrected chi connectivity index (χ3v) is 7.80. The van der Waals surface area contributed by atoms with Crippen LogP contribution in [0, 0.1) is 11.8 Å². The molecule has 2 heterocycles. The van der Waals surface area contributed by atoms with E-state index in [4.69, 9.17) is 4.74 Å². The Morgan fingerprint density at radius 2 is 1.71 bits per heavy atom. The Morgan fingerprint density at radius 3 is 2.40 bits per heavy atom. The molecule has 0 aromatic heterocycles. The number of carbonyl (C=O) groups is 5. The number of amides is 4. The zero-order chi connectivity index (χ0) is 26.0. The number of hydrogen-bond acceptors (Lipinski definition) is 8. The van der Waals surface area contributed by atoms with Gasteiger partial charge in [-0.05, 0) is 30.8 Å². The normalized spacial score (nSPS) is 28.9. The van der Waals surface area contributed by atoms with E-state index in [0.29, 0.717) is 12.8 Å². The lowest BCUT2D eigenvalue weighted by atomic mass is 10.0. The molecular formula is C23H36N4O6S2. The molecule has 4 atom stereocenters. The lowest BCUT2D eigenvalue weighted by Gasteiger charge is -2.27. The SMILES string of the molecule is CC(C)C[C@H]1NC(=O)C2CSSCC/C=C/C(CC(=O)N[C@H](C(C)C)C(=O)N2)OC(=O)CNC1=O. The lowest BCUT2D eigenvalue weighted by molar-refractivity contribution is -0.148. The average Bonchev–Trinajstić information content (AvgIpc) is 2.77. The van der Waals surface area contributed by atoms with Crippen LogP contribution in [-0.4, -0.2) is 71.9 Å².